The van der Waals surface area contributed by atoms with Gasteiger partial charge in [-0.2, -0.15) is 0 Å². The maximum Gasteiger partial charge on any atom is 0.149 e. The zero-order valence-electron chi connectivity index (χ0n) is 5.42. The molecule has 0 aromatic rings. The second kappa shape index (κ2) is 3.70. The lowest BCUT2D eigenvalue weighted by atomic mass is 10.3. The third kappa shape index (κ3) is 5.07. The highest BCUT2D eigenvalue weighted by atomic mass is 35.5. The van der Waals surface area contributed by atoms with Crippen LogP contribution < -0.4 is 0 Å². The van der Waals surface area contributed by atoms with Gasteiger partial charge in [0.05, 0.1) is 5.88 Å². The first-order valence-corrected chi connectivity index (χ1v) is 3.87. The molecule has 9 heavy (non-hydrogen) atoms. The van der Waals surface area contributed by atoms with Crippen molar-refractivity contribution >= 4 is 34.8 Å². The van der Waals surface area contributed by atoms with E-state index in [-0.39, 0.29) is 5.88 Å². The molecule has 0 bridgehead atoms. The van der Waals surface area contributed by atoms with Gasteiger partial charge in [0.25, 0.3) is 0 Å². The first-order chi connectivity index (χ1) is 3.98. The molecular formula is C6H9Cl3. The van der Waals surface area contributed by atoms with Crippen molar-refractivity contribution in [1.82, 2.24) is 0 Å². The van der Waals surface area contributed by atoms with E-state index in [1.165, 1.54) is 0 Å². The molecular weight excluding hydrogens is 178 g/mol. The lowest BCUT2D eigenvalue weighted by Gasteiger charge is -2.09. The molecule has 0 radical (unpaired) electrons. The number of hydrogen-bond donors (Lipinski definition) is 0. The van der Waals surface area contributed by atoms with E-state index in [4.69, 9.17) is 34.8 Å². The van der Waals surface area contributed by atoms with Crippen molar-refractivity contribution in [2.24, 2.45) is 0 Å². The summed E-state index contributed by atoms with van der Waals surface area (Å²) in [6.07, 6.45) is 1.73. The van der Waals surface area contributed by atoms with Crippen LogP contribution in [0.4, 0.5) is 0 Å². The van der Waals surface area contributed by atoms with Crippen LogP contribution in [0.5, 0.6) is 0 Å². The van der Waals surface area contributed by atoms with Gasteiger partial charge < -0.3 is 0 Å². The topological polar surface area (TPSA) is 0 Å². The Kier molecular flexibility index (Phi) is 3.95. The number of rotatable bonds is 2. The molecule has 0 aliphatic heterocycles. The average Bonchev–Trinajstić information content (AvgIpc) is 1.63. The third-order valence-corrected chi connectivity index (χ3v) is 1.86. The molecule has 0 aliphatic rings. The van der Waals surface area contributed by atoms with Gasteiger partial charge in [-0.1, -0.05) is 28.8 Å². The lowest BCUT2D eigenvalue weighted by Crippen LogP contribution is -2.10. The molecule has 0 N–H and O–H groups in total. The molecule has 0 aromatic carbocycles. The Bertz CT molecular complexity index is 111. The average molecular weight is 187 g/mol. The van der Waals surface area contributed by atoms with Crippen LogP contribution in [0.3, 0.4) is 0 Å². The van der Waals surface area contributed by atoms with Gasteiger partial charge in [-0.3, -0.25) is 0 Å². The highest BCUT2D eigenvalue weighted by molar-refractivity contribution is 6.52. The van der Waals surface area contributed by atoms with Gasteiger partial charge in [-0.05, 0) is 19.9 Å². The second-order valence-electron chi connectivity index (χ2n) is 2.12. The van der Waals surface area contributed by atoms with Crippen molar-refractivity contribution < 1.29 is 0 Å². The van der Waals surface area contributed by atoms with Crippen LogP contribution in [0.15, 0.2) is 11.6 Å². The van der Waals surface area contributed by atoms with Gasteiger partial charge in [0, 0.05) is 0 Å². The SMILES string of the molecule is CC(C)=CC(Cl)(Cl)CCl. The van der Waals surface area contributed by atoms with E-state index in [0.29, 0.717) is 0 Å². The monoisotopic (exact) mass is 186 g/mol. The smallest absolute Gasteiger partial charge is 0.123 e. The minimum absolute atomic E-state index is 0.224. The number of halogens is 3. The molecule has 0 unspecified atom stereocenters. The second-order valence-corrected chi connectivity index (χ2v) is 3.93. The first-order valence-electron chi connectivity index (χ1n) is 2.58. The summed E-state index contributed by atoms with van der Waals surface area (Å²) >= 11 is 16.8. The zero-order chi connectivity index (χ0) is 7.49. The van der Waals surface area contributed by atoms with Crippen LogP contribution in [0.2, 0.25) is 0 Å². The molecule has 0 heterocycles. The summed E-state index contributed by atoms with van der Waals surface area (Å²) in [5.41, 5.74) is 1.07. The van der Waals surface area contributed by atoms with Crippen molar-refractivity contribution in [3.05, 3.63) is 11.6 Å². The van der Waals surface area contributed by atoms with E-state index < -0.39 is 4.33 Å². The normalized spacial score (nSPS) is 11.2. The molecule has 0 aliphatic carbocycles. The fourth-order valence-corrected chi connectivity index (χ4v) is 0.975. The largest absolute Gasteiger partial charge is 0.149 e. The van der Waals surface area contributed by atoms with E-state index in [9.17, 15) is 0 Å². The predicted octanol–water partition coefficient (Wildman–Crippen LogP) is 3.37. The van der Waals surface area contributed by atoms with Gasteiger partial charge >= 0.3 is 0 Å². The summed E-state index contributed by atoms with van der Waals surface area (Å²) < 4.78 is -0.889. The Morgan fingerprint density at radius 1 is 1.44 bits per heavy atom. The van der Waals surface area contributed by atoms with Gasteiger partial charge in [0.15, 0.2) is 0 Å². The molecule has 0 saturated heterocycles. The van der Waals surface area contributed by atoms with Crippen LogP contribution in [0, 0.1) is 0 Å². The van der Waals surface area contributed by atoms with Crippen LogP contribution in [0.1, 0.15) is 13.8 Å². The third-order valence-electron chi connectivity index (χ3n) is 0.678. The zero-order valence-corrected chi connectivity index (χ0v) is 7.69. The Hall–Kier alpha value is 0.610. The van der Waals surface area contributed by atoms with Crippen LogP contribution in [0.25, 0.3) is 0 Å². The maximum atomic E-state index is 5.67. The van der Waals surface area contributed by atoms with E-state index in [1.54, 1.807) is 6.08 Å². The van der Waals surface area contributed by atoms with E-state index in [0.717, 1.165) is 5.57 Å². The summed E-state index contributed by atoms with van der Waals surface area (Å²) in [7, 11) is 0. The molecule has 0 spiro atoms. The van der Waals surface area contributed by atoms with Crippen LogP contribution in [-0.2, 0) is 0 Å². The summed E-state index contributed by atoms with van der Waals surface area (Å²) in [6, 6.07) is 0. The standard InChI is InChI=1S/C6H9Cl3/c1-5(2)3-6(8,9)4-7/h3H,4H2,1-2H3. The molecule has 0 amide bonds. The quantitative estimate of drug-likeness (QED) is 0.459. The molecule has 3 heteroatoms. The molecule has 0 nitrogen and oxygen atoms in total. The first kappa shape index (κ1) is 9.61. The number of hydrogen-bond acceptors (Lipinski definition) is 0. The molecule has 54 valence electrons. The molecule has 0 saturated carbocycles. The van der Waals surface area contributed by atoms with E-state index >= 15 is 0 Å². The minimum Gasteiger partial charge on any atom is -0.123 e. The Morgan fingerprint density at radius 3 is 2.00 bits per heavy atom. The fourth-order valence-electron chi connectivity index (χ4n) is 0.461. The maximum absolute atomic E-state index is 5.67. The van der Waals surface area contributed by atoms with Crippen LogP contribution in [-0.4, -0.2) is 10.2 Å². The summed E-state index contributed by atoms with van der Waals surface area (Å²) in [4.78, 5) is 0. The molecule has 0 aromatic heterocycles. The van der Waals surface area contributed by atoms with Crippen molar-refractivity contribution in [1.29, 1.82) is 0 Å². The van der Waals surface area contributed by atoms with Crippen molar-refractivity contribution in [2.75, 3.05) is 5.88 Å². The molecule has 0 rings (SSSR count). The Labute approximate surface area is 70.8 Å². The Morgan fingerprint density at radius 2 is 1.89 bits per heavy atom. The van der Waals surface area contributed by atoms with Crippen molar-refractivity contribution in [3.8, 4) is 0 Å². The number of alkyl halides is 3. The minimum atomic E-state index is -0.889. The van der Waals surface area contributed by atoms with Gasteiger partial charge in [0.1, 0.15) is 4.33 Å². The number of allylic oxidation sites excluding steroid dienone is 2. The highest BCUT2D eigenvalue weighted by Crippen LogP contribution is 2.25. The van der Waals surface area contributed by atoms with Gasteiger partial charge in [0.2, 0.25) is 0 Å². The summed E-state index contributed by atoms with van der Waals surface area (Å²) in [5.74, 6) is 0.224. The highest BCUT2D eigenvalue weighted by Gasteiger charge is 2.17. The predicted molar refractivity (Wildman–Crippen MR) is 44.6 cm³/mol. The van der Waals surface area contributed by atoms with E-state index in [1.807, 2.05) is 13.8 Å². The van der Waals surface area contributed by atoms with Crippen molar-refractivity contribution in [3.63, 3.8) is 0 Å². The summed E-state index contributed by atoms with van der Waals surface area (Å²) in [5, 5.41) is 0. The molecule has 0 atom stereocenters. The van der Waals surface area contributed by atoms with E-state index in [2.05, 4.69) is 0 Å². The molecule has 0 fully saturated rings. The van der Waals surface area contributed by atoms with Gasteiger partial charge in [-0.25, -0.2) is 0 Å². The van der Waals surface area contributed by atoms with Crippen LogP contribution >= 0.6 is 34.8 Å². The fraction of sp³-hybridized carbons (Fsp3) is 0.667. The lowest BCUT2D eigenvalue weighted by molar-refractivity contribution is 1.10. The summed E-state index contributed by atoms with van der Waals surface area (Å²) in [6.45, 7) is 3.85. The van der Waals surface area contributed by atoms with Gasteiger partial charge in [-0.15, -0.1) is 11.6 Å². The van der Waals surface area contributed by atoms with Crippen molar-refractivity contribution in [2.45, 2.75) is 18.2 Å². The Balaban J connectivity index is 4.01.